The lowest BCUT2D eigenvalue weighted by Gasteiger charge is -2.18. The number of nitrogens with zero attached hydrogens (tertiary/aromatic N) is 2. The molecular weight excluding hydrogens is 224 g/mol. The second-order valence-corrected chi connectivity index (χ2v) is 3.93. The predicted molar refractivity (Wildman–Crippen MR) is 60.2 cm³/mol. The monoisotopic (exact) mass is 238 g/mol. The highest BCUT2D eigenvalue weighted by Crippen LogP contribution is 2.23. The number of methoxy groups -OCH3 is 1. The summed E-state index contributed by atoms with van der Waals surface area (Å²) in [6.07, 6.45) is 0.608. The number of aromatic nitrogens is 1. The van der Waals surface area contributed by atoms with Crippen molar-refractivity contribution in [1.82, 2.24) is 4.98 Å². The van der Waals surface area contributed by atoms with Gasteiger partial charge in [-0.1, -0.05) is 0 Å². The summed E-state index contributed by atoms with van der Waals surface area (Å²) in [5.74, 6) is -0.651. The topological polar surface area (TPSA) is 82.9 Å². The summed E-state index contributed by atoms with van der Waals surface area (Å²) in [5.41, 5.74) is 0.136. The molecule has 0 unspecified atom stereocenters. The van der Waals surface area contributed by atoms with E-state index in [2.05, 4.69) is 4.98 Å². The molecule has 0 aromatic carbocycles. The maximum Gasteiger partial charge on any atom is 0.339 e. The van der Waals surface area contributed by atoms with E-state index in [0.29, 0.717) is 18.9 Å². The number of anilines is 1. The van der Waals surface area contributed by atoms with E-state index in [0.717, 1.165) is 0 Å². The van der Waals surface area contributed by atoms with Crippen molar-refractivity contribution >= 4 is 11.8 Å². The standard InChI is InChI=1S/C11H14N2O4/c1-17-9-6-13(5-8(9)14)10-7(11(15)16)3-2-4-12-10/h2-4,8-9,14H,5-6H2,1H3,(H,15,16)/t8-,9-/m0/s1. The number of carboxylic acid groups (broad SMARTS) is 1. The molecule has 2 atom stereocenters. The van der Waals surface area contributed by atoms with Crippen LogP contribution in [-0.4, -0.2) is 53.6 Å². The zero-order chi connectivity index (χ0) is 12.4. The number of hydrogen-bond donors (Lipinski definition) is 2. The molecule has 6 heteroatoms. The SMILES string of the molecule is CO[C@H]1CN(c2ncccc2C(=O)O)C[C@@H]1O. The maximum absolute atomic E-state index is 11.1. The average Bonchev–Trinajstić information content (AvgIpc) is 2.70. The molecule has 2 heterocycles. The van der Waals surface area contributed by atoms with Gasteiger partial charge in [0.2, 0.25) is 0 Å². The largest absolute Gasteiger partial charge is 0.478 e. The molecular formula is C11H14N2O4. The number of aliphatic hydroxyl groups is 1. The van der Waals surface area contributed by atoms with Gasteiger partial charge in [-0.15, -0.1) is 0 Å². The van der Waals surface area contributed by atoms with Gasteiger partial charge in [0, 0.05) is 26.4 Å². The van der Waals surface area contributed by atoms with Crippen LogP contribution in [0.1, 0.15) is 10.4 Å². The Labute approximate surface area is 98.5 Å². The van der Waals surface area contributed by atoms with E-state index in [4.69, 9.17) is 9.84 Å². The van der Waals surface area contributed by atoms with Gasteiger partial charge in [-0.05, 0) is 12.1 Å². The molecule has 1 fully saturated rings. The minimum atomic E-state index is -1.02. The summed E-state index contributed by atoms with van der Waals surface area (Å²) in [7, 11) is 1.52. The van der Waals surface area contributed by atoms with Crippen LogP contribution in [0.2, 0.25) is 0 Å². The number of carbonyl (C=O) groups is 1. The minimum absolute atomic E-state index is 0.136. The molecule has 2 rings (SSSR count). The summed E-state index contributed by atoms with van der Waals surface area (Å²) in [6, 6.07) is 3.07. The number of rotatable bonds is 3. The Morgan fingerprint density at radius 2 is 2.35 bits per heavy atom. The summed E-state index contributed by atoms with van der Waals surface area (Å²) in [4.78, 5) is 16.8. The first-order valence-corrected chi connectivity index (χ1v) is 5.27. The van der Waals surface area contributed by atoms with Gasteiger partial charge in [-0.2, -0.15) is 0 Å². The molecule has 0 spiro atoms. The molecule has 0 saturated carbocycles. The highest BCUT2D eigenvalue weighted by atomic mass is 16.5. The highest BCUT2D eigenvalue weighted by Gasteiger charge is 2.33. The second-order valence-electron chi connectivity index (χ2n) is 3.93. The number of aromatic carboxylic acids is 1. The zero-order valence-electron chi connectivity index (χ0n) is 9.41. The van der Waals surface area contributed by atoms with Crippen molar-refractivity contribution in [3.8, 4) is 0 Å². The summed E-state index contributed by atoms with van der Waals surface area (Å²) >= 11 is 0. The van der Waals surface area contributed by atoms with Crippen molar-refractivity contribution in [3.05, 3.63) is 23.9 Å². The normalized spacial score (nSPS) is 24.0. The van der Waals surface area contributed by atoms with Crippen molar-refractivity contribution in [1.29, 1.82) is 0 Å². The Morgan fingerprint density at radius 1 is 1.59 bits per heavy atom. The number of carboxylic acids is 1. The molecule has 2 N–H and O–H groups in total. The predicted octanol–water partition coefficient (Wildman–Crippen LogP) is -0.0243. The summed E-state index contributed by atoms with van der Waals surface area (Å²) < 4.78 is 5.11. The van der Waals surface area contributed by atoms with Crippen LogP contribution >= 0.6 is 0 Å². The molecule has 1 aromatic rings. The van der Waals surface area contributed by atoms with E-state index in [1.54, 1.807) is 11.0 Å². The van der Waals surface area contributed by atoms with Gasteiger partial charge in [-0.3, -0.25) is 0 Å². The lowest BCUT2D eigenvalue weighted by Crippen LogP contribution is -2.25. The Balaban J connectivity index is 2.27. The van der Waals surface area contributed by atoms with Crippen molar-refractivity contribution < 1.29 is 19.7 Å². The van der Waals surface area contributed by atoms with Crippen LogP contribution in [0, 0.1) is 0 Å². The van der Waals surface area contributed by atoms with E-state index in [1.165, 1.54) is 19.4 Å². The fraction of sp³-hybridized carbons (Fsp3) is 0.455. The number of pyridine rings is 1. The molecule has 92 valence electrons. The van der Waals surface area contributed by atoms with Crippen LogP contribution < -0.4 is 4.90 Å². The molecule has 0 aliphatic carbocycles. The molecule has 1 aliphatic heterocycles. The fourth-order valence-electron chi connectivity index (χ4n) is 1.98. The zero-order valence-corrected chi connectivity index (χ0v) is 9.41. The molecule has 0 amide bonds. The lowest BCUT2D eigenvalue weighted by molar-refractivity contribution is 0.0217. The Bertz CT molecular complexity index is 424. The van der Waals surface area contributed by atoms with Crippen molar-refractivity contribution in [2.24, 2.45) is 0 Å². The molecule has 0 bridgehead atoms. The Kier molecular flexibility index (Phi) is 3.26. The van der Waals surface area contributed by atoms with Gasteiger partial charge in [0.25, 0.3) is 0 Å². The van der Waals surface area contributed by atoms with Gasteiger partial charge in [-0.25, -0.2) is 9.78 Å². The maximum atomic E-state index is 11.1. The van der Waals surface area contributed by atoms with Gasteiger partial charge in [0.15, 0.2) is 0 Å². The van der Waals surface area contributed by atoms with Gasteiger partial charge < -0.3 is 19.8 Å². The molecule has 17 heavy (non-hydrogen) atoms. The van der Waals surface area contributed by atoms with E-state index in [1.807, 2.05) is 0 Å². The molecule has 0 radical (unpaired) electrons. The summed E-state index contributed by atoms with van der Waals surface area (Å²) in [6.45, 7) is 0.769. The van der Waals surface area contributed by atoms with Crippen LogP contribution in [-0.2, 0) is 4.74 Å². The van der Waals surface area contributed by atoms with Crippen LogP contribution in [0.3, 0.4) is 0 Å². The van der Waals surface area contributed by atoms with Crippen LogP contribution in [0.4, 0.5) is 5.82 Å². The first-order chi connectivity index (χ1) is 8.13. The van der Waals surface area contributed by atoms with Gasteiger partial charge in [0.05, 0.1) is 6.10 Å². The summed E-state index contributed by atoms with van der Waals surface area (Å²) in [5, 5.41) is 18.8. The Morgan fingerprint density at radius 3 is 2.94 bits per heavy atom. The van der Waals surface area contributed by atoms with E-state index < -0.39 is 12.1 Å². The van der Waals surface area contributed by atoms with E-state index in [-0.39, 0.29) is 11.7 Å². The smallest absolute Gasteiger partial charge is 0.339 e. The quantitative estimate of drug-likeness (QED) is 0.769. The first-order valence-electron chi connectivity index (χ1n) is 5.27. The fourth-order valence-corrected chi connectivity index (χ4v) is 1.98. The van der Waals surface area contributed by atoms with Crippen LogP contribution in [0.5, 0.6) is 0 Å². The number of hydrogen-bond acceptors (Lipinski definition) is 5. The third kappa shape index (κ3) is 2.22. The van der Waals surface area contributed by atoms with Crippen LogP contribution in [0.15, 0.2) is 18.3 Å². The van der Waals surface area contributed by atoms with Crippen LogP contribution in [0.25, 0.3) is 0 Å². The average molecular weight is 238 g/mol. The van der Waals surface area contributed by atoms with E-state index >= 15 is 0 Å². The third-order valence-electron chi connectivity index (χ3n) is 2.86. The second kappa shape index (κ2) is 4.68. The molecule has 1 saturated heterocycles. The van der Waals surface area contributed by atoms with Gasteiger partial charge in [0.1, 0.15) is 17.5 Å². The Hall–Kier alpha value is -1.66. The number of ether oxygens (including phenoxy) is 1. The van der Waals surface area contributed by atoms with E-state index in [9.17, 15) is 9.90 Å². The first kappa shape index (κ1) is 11.8. The molecule has 1 aromatic heterocycles. The molecule has 6 nitrogen and oxygen atoms in total. The highest BCUT2D eigenvalue weighted by molar-refractivity contribution is 5.93. The van der Waals surface area contributed by atoms with Crippen molar-refractivity contribution in [2.45, 2.75) is 12.2 Å². The molecule has 1 aliphatic rings. The lowest BCUT2D eigenvalue weighted by atomic mass is 10.2. The van der Waals surface area contributed by atoms with Crippen molar-refractivity contribution in [2.75, 3.05) is 25.1 Å². The third-order valence-corrected chi connectivity index (χ3v) is 2.86. The van der Waals surface area contributed by atoms with Gasteiger partial charge >= 0.3 is 5.97 Å². The van der Waals surface area contributed by atoms with Crippen molar-refractivity contribution in [3.63, 3.8) is 0 Å². The minimum Gasteiger partial charge on any atom is -0.478 e. The number of aliphatic hydroxyl groups excluding tert-OH is 1. The number of β-amino-alcohol motifs (C(OH)–C–C–N with tert-alkyl or cyclic N) is 1.